The Kier molecular flexibility index (Phi) is 5.83. The number of benzene rings is 1. The van der Waals surface area contributed by atoms with Crippen LogP contribution in [0, 0.1) is 5.92 Å². The molecule has 0 bridgehead atoms. The number of halogens is 3. The Labute approximate surface area is 180 Å². The number of rotatable bonds is 5. The summed E-state index contributed by atoms with van der Waals surface area (Å²) < 4.78 is 46.9. The number of hydrogen-bond donors (Lipinski definition) is 2. The molecule has 1 aliphatic heterocycles. The Balaban J connectivity index is 1.52. The molecule has 0 aliphatic carbocycles. The van der Waals surface area contributed by atoms with Crippen molar-refractivity contribution in [3.63, 3.8) is 0 Å². The molecule has 0 spiro atoms. The summed E-state index contributed by atoms with van der Waals surface area (Å²) in [5, 5.41) is 2.65. The molecule has 168 valence electrons. The number of hydrogen-bond acceptors (Lipinski definition) is 5. The fourth-order valence-electron chi connectivity index (χ4n) is 3.71. The largest absolute Gasteiger partial charge is 0.449 e. The lowest BCUT2D eigenvalue weighted by Crippen LogP contribution is -2.49. The van der Waals surface area contributed by atoms with Gasteiger partial charge in [0.25, 0.3) is 5.91 Å². The van der Waals surface area contributed by atoms with E-state index in [0.717, 1.165) is 4.57 Å². The van der Waals surface area contributed by atoms with Gasteiger partial charge in [-0.15, -0.1) is 0 Å². The third kappa shape index (κ3) is 4.42. The first-order chi connectivity index (χ1) is 15.2. The predicted octanol–water partition coefficient (Wildman–Crippen LogP) is 2.47. The standard InChI is InChI=1S/C21H20F3N5O3/c22-21(23,24)20-27-17-15(4-1-9-26-17)29(20)11-12-5-7-13(8-6-12)18(31)28-19-14(16(25)30)3-2-10-32-19/h1,4-9,14,19H,2-3,10-11H2,(H2,25,30)(H,28,31). The monoisotopic (exact) mass is 447 g/mol. The maximum Gasteiger partial charge on any atom is 0.449 e. The van der Waals surface area contributed by atoms with Crippen LogP contribution in [0.1, 0.15) is 34.6 Å². The van der Waals surface area contributed by atoms with Crippen LogP contribution in [-0.4, -0.2) is 39.2 Å². The lowest BCUT2D eigenvalue weighted by atomic mass is 9.98. The molecule has 2 amide bonds. The van der Waals surface area contributed by atoms with Gasteiger partial charge in [0.1, 0.15) is 6.23 Å². The van der Waals surface area contributed by atoms with Crippen molar-refractivity contribution in [3.8, 4) is 0 Å². The number of alkyl halides is 3. The van der Waals surface area contributed by atoms with Crippen molar-refractivity contribution in [2.24, 2.45) is 11.7 Å². The number of primary amides is 1. The predicted molar refractivity (Wildman–Crippen MR) is 107 cm³/mol. The van der Waals surface area contributed by atoms with E-state index in [9.17, 15) is 22.8 Å². The van der Waals surface area contributed by atoms with E-state index >= 15 is 0 Å². The van der Waals surface area contributed by atoms with E-state index in [1.54, 1.807) is 18.2 Å². The molecule has 0 radical (unpaired) electrons. The lowest BCUT2D eigenvalue weighted by Gasteiger charge is -2.30. The third-order valence-corrected chi connectivity index (χ3v) is 5.30. The van der Waals surface area contributed by atoms with Crippen LogP contribution in [0.4, 0.5) is 13.2 Å². The Morgan fingerprint density at radius 2 is 1.97 bits per heavy atom. The van der Waals surface area contributed by atoms with Crippen LogP contribution in [0.3, 0.4) is 0 Å². The van der Waals surface area contributed by atoms with E-state index in [2.05, 4.69) is 15.3 Å². The van der Waals surface area contributed by atoms with Crippen LogP contribution in [0.15, 0.2) is 42.6 Å². The Morgan fingerprint density at radius 3 is 2.66 bits per heavy atom. The summed E-state index contributed by atoms with van der Waals surface area (Å²) >= 11 is 0. The highest BCUT2D eigenvalue weighted by Gasteiger charge is 2.38. The van der Waals surface area contributed by atoms with Gasteiger partial charge < -0.3 is 20.4 Å². The van der Waals surface area contributed by atoms with Crippen molar-refractivity contribution < 1.29 is 27.5 Å². The van der Waals surface area contributed by atoms with E-state index in [4.69, 9.17) is 10.5 Å². The van der Waals surface area contributed by atoms with Gasteiger partial charge in [0.05, 0.1) is 11.4 Å². The van der Waals surface area contributed by atoms with Crippen molar-refractivity contribution >= 4 is 23.0 Å². The molecule has 32 heavy (non-hydrogen) atoms. The molecule has 3 N–H and O–H groups in total. The molecule has 1 aliphatic rings. The van der Waals surface area contributed by atoms with Crippen molar-refractivity contribution in [2.45, 2.75) is 31.8 Å². The lowest BCUT2D eigenvalue weighted by molar-refractivity contribution is -0.146. The highest BCUT2D eigenvalue weighted by Crippen LogP contribution is 2.31. The van der Waals surface area contributed by atoms with Gasteiger partial charge in [-0.25, -0.2) is 9.97 Å². The molecule has 1 fully saturated rings. The van der Waals surface area contributed by atoms with E-state index in [1.165, 1.54) is 24.4 Å². The number of imidazole rings is 1. The zero-order valence-electron chi connectivity index (χ0n) is 16.8. The number of fused-ring (bicyclic) bond motifs is 1. The maximum absolute atomic E-state index is 13.5. The minimum Gasteiger partial charge on any atom is -0.369 e. The van der Waals surface area contributed by atoms with Crippen LogP contribution in [0.25, 0.3) is 11.2 Å². The molecule has 2 atom stereocenters. The average molecular weight is 447 g/mol. The summed E-state index contributed by atoms with van der Waals surface area (Å²) in [5.74, 6) is -2.67. The van der Waals surface area contributed by atoms with Crippen LogP contribution in [-0.2, 0) is 22.3 Å². The second-order valence-electron chi connectivity index (χ2n) is 7.48. The van der Waals surface area contributed by atoms with E-state index in [-0.39, 0.29) is 23.3 Å². The second-order valence-corrected chi connectivity index (χ2v) is 7.48. The fourth-order valence-corrected chi connectivity index (χ4v) is 3.71. The van der Waals surface area contributed by atoms with Crippen LogP contribution >= 0.6 is 0 Å². The molecule has 2 unspecified atom stereocenters. The van der Waals surface area contributed by atoms with Gasteiger partial charge in [0, 0.05) is 24.9 Å². The van der Waals surface area contributed by atoms with Gasteiger partial charge in [0.15, 0.2) is 5.65 Å². The molecule has 1 saturated heterocycles. The van der Waals surface area contributed by atoms with Crippen molar-refractivity contribution in [1.82, 2.24) is 19.9 Å². The molecular weight excluding hydrogens is 427 g/mol. The van der Waals surface area contributed by atoms with Crippen LogP contribution < -0.4 is 11.1 Å². The topological polar surface area (TPSA) is 112 Å². The molecule has 8 nitrogen and oxygen atoms in total. The molecule has 1 aromatic carbocycles. The van der Waals surface area contributed by atoms with Gasteiger partial charge >= 0.3 is 6.18 Å². The number of pyridine rings is 1. The number of amides is 2. The number of aromatic nitrogens is 3. The Morgan fingerprint density at radius 1 is 1.22 bits per heavy atom. The maximum atomic E-state index is 13.5. The molecule has 3 heterocycles. The number of nitrogens with one attached hydrogen (secondary N) is 1. The molecule has 2 aromatic heterocycles. The summed E-state index contributed by atoms with van der Waals surface area (Å²) in [7, 11) is 0. The molecule has 11 heteroatoms. The SMILES string of the molecule is NC(=O)C1CCCOC1NC(=O)c1ccc(Cn2c(C(F)(F)F)nc3ncccc32)cc1. The minimum absolute atomic E-state index is 0.00677. The molecule has 4 rings (SSSR count). The van der Waals surface area contributed by atoms with E-state index < -0.39 is 36.0 Å². The van der Waals surface area contributed by atoms with Crippen molar-refractivity contribution in [2.75, 3.05) is 6.61 Å². The normalized spacial score (nSPS) is 19.1. The first kappa shape index (κ1) is 21.8. The highest BCUT2D eigenvalue weighted by molar-refractivity contribution is 5.94. The van der Waals surface area contributed by atoms with Gasteiger partial charge in [-0.3, -0.25) is 9.59 Å². The summed E-state index contributed by atoms with van der Waals surface area (Å²) in [4.78, 5) is 31.6. The number of ether oxygens (including phenoxy) is 1. The second kappa shape index (κ2) is 8.58. The van der Waals surface area contributed by atoms with Crippen molar-refractivity contribution in [3.05, 3.63) is 59.5 Å². The van der Waals surface area contributed by atoms with Gasteiger partial charge in [-0.05, 0) is 42.7 Å². The summed E-state index contributed by atoms with van der Waals surface area (Å²) in [5.41, 5.74) is 6.46. The first-order valence-corrected chi connectivity index (χ1v) is 9.93. The quantitative estimate of drug-likeness (QED) is 0.624. The Hall–Kier alpha value is -3.47. The third-order valence-electron chi connectivity index (χ3n) is 5.30. The molecule has 3 aromatic rings. The zero-order chi connectivity index (χ0) is 22.9. The summed E-state index contributed by atoms with van der Waals surface area (Å²) in [6.45, 7) is 0.303. The van der Waals surface area contributed by atoms with Crippen LogP contribution in [0.5, 0.6) is 0 Å². The first-order valence-electron chi connectivity index (χ1n) is 9.93. The van der Waals surface area contributed by atoms with Gasteiger partial charge in [-0.2, -0.15) is 13.2 Å². The number of carbonyl (C=O) groups excluding carboxylic acids is 2. The number of nitrogens with zero attached hydrogens (tertiary/aromatic N) is 3. The molecular formula is C21H20F3N5O3. The summed E-state index contributed by atoms with van der Waals surface area (Å²) in [6, 6.07) is 9.18. The number of nitrogens with two attached hydrogens (primary N) is 1. The van der Waals surface area contributed by atoms with Crippen molar-refractivity contribution in [1.29, 1.82) is 0 Å². The Bertz CT molecular complexity index is 1140. The molecule has 0 saturated carbocycles. The minimum atomic E-state index is -4.64. The van der Waals surface area contributed by atoms with Gasteiger partial charge in [0.2, 0.25) is 11.7 Å². The van der Waals surface area contributed by atoms with E-state index in [1.807, 2.05) is 0 Å². The zero-order valence-corrected chi connectivity index (χ0v) is 16.8. The summed E-state index contributed by atoms with van der Waals surface area (Å²) in [6.07, 6.45) is -2.88. The number of carbonyl (C=O) groups is 2. The average Bonchev–Trinajstić information content (AvgIpc) is 3.13. The smallest absolute Gasteiger partial charge is 0.369 e. The fraction of sp³-hybridized carbons (Fsp3) is 0.333. The highest BCUT2D eigenvalue weighted by atomic mass is 19.4. The van der Waals surface area contributed by atoms with Crippen LogP contribution in [0.2, 0.25) is 0 Å². The van der Waals surface area contributed by atoms with E-state index in [0.29, 0.717) is 25.0 Å². The van der Waals surface area contributed by atoms with Gasteiger partial charge in [-0.1, -0.05) is 12.1 Å².